The molecule has 0 fully saturated rings. The van der Waals surface area contributed by atoms with Crippen LogP contribution < -0.4 is 15.0 Å². The molecule has 0 amide bonds. The summed E-state index contributed by atoms with van der Waals surface area (Å²) in [4.78, 5) is 0. The molecule has 0 radical (unpaired) electrons. The quantitative estimate of drug-likeness (QED) is 0.543. The summed E-state index contributed by atoms with van der Waals surface area (Å²) in [5.74, 6) is 1.21. The second-order valence-corrected chi connectivity index (χ2v) is 6.02. The van der Waals surface area contributed by atoms with Crippen LogP contribution in [0.25, 0.3) is 32.9 Å². The summed E-state index contributed by atoms with van der Waals surface area (Å²) in [7, 11) is 3.15. The number of rotatable bonds is 3. The zero-order valence-electron chi connectivity index (χ0n) is 14.9. The van der Waals surface area contributed by atoms with Crippen LogP contribution in [0.1, 0.15) is 5.56 Å². The van der Waals surface area contributed by atoms with Gasteiger partial charge in [0.05, 0.1) is 14.2 Å². The van der Waals surface area contributed by atoms with Gasteiger partial charge in [0.1, 0.15) is 28.7 Å². The first kappa shape index (κ1) is 16.7. The van der Waals surface area contributed by atoms with Crippen LogP contribution in [0.15, 0.2) is 59.0 Å². The Morgan fingerprint density at radius 2 is 1.78 bits per heavy atom. The van der Waals surface area contributed by atoms with Crippen molar-refractivity contribution in [3.8, 4) is 28.7 Å². The molecule has 0 atom stereocenters. The van der Waals surface area contributed by atoms with Crippen LogP contribution in [0.5, 0.6) is 11.5 Å². The minimum Gasteiger partial charge on any atom is -0.497 e. The Labute approximate surface area is 155 Å². The largest absolute Gasteiger partial charge is 0.497 e. The fourth-order valence-corrected chi connectivity index (χ4v) is 3.34. The summed E-state index contributed by atoms with van der Waals surface area (Å²) in [5, 5.41) is 20.6. The highest BCUT2D eigenvalue weighted by Gasteiger charge is 2.19. The van der Waals surface area contributed by atoms with Crippen LogP contribution in [0.4, 0.5) is 0 Å². The van der Waals surface area contributed by atoms with Crippen molar-refractivity contribution in [2.75, 3.05) is 14.2 Å². The first-order chi connectivity index (χ1) is 13.2. The molecule has 0 aliphatic heterocycles. The van der Waals surface area contributed by atoms with E-state index in [-0.39, 0.29) is 11.1 Å². The van der Waals surface area contributed by atoms with Gasteiger partial charge in [-0.25, -0.2) is 0 Å². The third kappa shape index (κ3) is 2.59. The average molecular weight is 356 g/mol. The number of nitriles is 1. The maximum Gasteiger partial charge on any atom is 0.230 e. The lowest BCUT2D eigenvalue weighted by molar-refractivity contribution is 0.395. The third-order valence-electron chi connectivity index (χ3n) is 4.62. The molecular weight excluding hydrogens is 340 g/mol. The molecule has 0 saturated carbocycles. The Hall–Kier alpha value is -3.78. The van der Waals surface area contributed by atoms with Crippen LogP contribution in [0.3, 0.4) is 0 Å². The Balaban J connectivity index is 2.19. The second kappa shape index (κ2) is 6.50. The molecule has 0 spiro atoms. The molecule has 0 saturated heterocycles. The van der Waals surface area contributed by atoms with Gasteiger partial charge in [-0.3, -0.25) is 5.41 Å². The first-order valence-corrected chi connectivity index (χ1v) is 8.33. The Bertz CT molecular complexity index is 1280. The van der Waals surface area contributed by atoms with Crippen LogP contribution in [-0.2, 0) is 0 Å². The lowest BCUT2D eigenvalue weighted by Crippen LogP contribution is -2.08. The van der Waals surface area contributed by atoms with E-state index in [1.165, 1.54) is 0 Å². The lowest BCUT2D eigenvalue weighted by atomic mass is 9.94. The molecule has 0 unspecified atom stereocenters. The van der Waals surface area contributed by atoms with Gasteiger partial charge in [-0.1, -0.05) is 30.3 Å². The number of fused-ring (bicyclic) bond motifs is 3. The molecule has 4 rings (SSSR count). The topological polar surface area (TPSA) is 79.2 Å². The van der Waals surface area contributed by atoms with Gasteiger partial charge in [0.15, 0.2) is 0 Å². The maximum atomic E-state index is 9.70. The molecule has 1 N–H and O–H groups in total. The van der Waals surface area contributed by atoms with E-state index >= 15 is 0 Å². The summed E-state index contributed by atoms with van der Waals surface area (Å²) >= 11 is 0. The molecule has 0 aliphatic rings. The normalized spacial score (nSPS) is 10.7. The van der Waals surface area contributed by atoms with Gasteiger partial charge < -0.3 is 13.9 Å². The molecule has 1 aromatic heterocycles. The van der Waals surface area contributed by atoms with Crippen molar-refractivity contribution in [1.29, 1.82) is 10.7 Å². The van der Waals surface area contributed by atoms with Crippen LogP contribution >= 0.6 is 0 Å². The minimum atomic E-state index is -0.172. The number of nitrogens with one attached hydrogen (secondary N) is 1. The molecule has 0 bridgehead atoms. The number of benzene rings is 3. The van der Waals surface area contributed by atoms with Gasteiger partial charge in [-0.05, 0) is 23.6 Å². The van der Waals surface area contributed by atoms with E-state index < -0.39 is 0 Å². The van der Waals surface area contributed by atoms with Crippen LogP contribution in [0, 0.1) is 16.7 Å². The molecule has 0 aliphatic carbocycles. The number of ether oxygens (including phenoxy) is 2. The van der Waals surface area contributed by atoms with Crippen molar-refractivity contribution in [1.82, 2.24) is 0 Å². The summed E-state index contributed by atoms with van der Waals surface area (Å²) in [6, 6.07) is 19.2. The van der Waals surface area contributed by atoms with E-state index in [9.17, 15) is 5.26 Å². The van der Waals surface area contributed by atoms with Crippen molar-refractivity contribution < 1.29 is 13.9 Å². The van der Waals surface area contributed by atoms with E-state index in [1.807, 2.05) is 42.5 Å². The highest BCUT2D eigenvalue weighted by atomic mass is 16.5. The third-order valence-corrected chi connectivity index (χ3v) is 4.62. The Morgan fingerprint density at radius 3 is 2.52 bits per heavy atom. The average Bonchev–Trinajstić information content (AvgIpc) is 2.72. The number of methoxy groups -OCH3 is 2. The summed E-state index contributed by atoms with van der Waals surface area (Å²) < 4.78 is 16.6. The summed E-state index contributed by atoms with van der Waals surface area (Å²) in [6.07, 6.45) is 0. The molecule has 3 aromatic carbocycles. The standard InChI is InChI=1S/C22H16N2O3/c1-25-14-8-10-16(19(11-14)26-2)20-17-9-7-13-5-3-4-6-15(13)21(17)27-22(24)18(20)12-23/h3-11,24H,1-2H3. The lowest BCUT2D eigenvalue weighted by Gasteiger charge is -2.14. The van der Waals surface area contributed by atoms with Gasteiger partial charge >= 0.3 is 0 Å². The van der Waals surface area contributed by atoms with Crippen molar-refractivity contribution in [2.45, 2.75) is 0 Å². The SMILES string of the molecule is COc1ccc(-c2c(C#N)c(=N)oc3c2ccc2ccccc23)c(OC)c1. The van der Waals surface area contributed by atoms with Crippen molar-refractivity contribution in [3.63, 3.8) is 0 Å². The highest BCUT2D eigenvalue weighted by molar-refractivity contribution is 6.10. The molecular formula is C22H16N2O3. The predicted octanol–water partition coefficient (Wildman–Crippen LogP) is 4.62. The predicted molar refractivity (Wildman–Crippen MR) is 103 cm³/mol. The zero-order valence-corrected chi connectivity index (χ0v) is 14.9. The molecule has 1 heterocycles. The van der Waals surface area contributed by atoms with E-state index in [1.54, 1.807) is 26.4 Å². The van der Waals surface area contributed by atoms with Crippen LogP contribution in [-0.4, -0.2) is 14.2 Å². The van der Waals surface area contributed by atoms with Gasteiger partial charge in [-0.15, -0.1) is 0 Å². The highest BCUT2D eigenvalue weighted by Crippen LogP contribution is 2.39. The van der Waals surface area contributed by atoms with Gasteiger partial charge in [0, 0.05) is 28.0 Å². The monoisotopic (exact) mass is 356 g/mol. The number of nitrogens with zero attached hydrogens (tertiary/aromatic N) is 1. The molecule has 5 nitrogen and oxygen atoms in total. The van der Waals surface area contributed by atoms with Gasteiger partial charge in [0.25, 0.3) is 0 Å². The molecule has 27 heavy (non-hydrogen) atoms. The fourth-order valence-electron chi connectivity index (χ4n) is 3.34. The second-order valence-electron chi connectivity index (χ2n) is 6.02. The zero-order chi connectivity index (χ0) is 19.0. The summed E-state index contributed by atoms with van der Waals surface area (Å²) in [5.41, 5.74) is 1.90. The van der Waals surface area contributed by atoms with Crippen molar-refractivity contribution in [3.05, 3.63) is 65.7 Å². The Morgan fingerprint density at radius 1 is 0.963 bits per heavy atom. The smallest absolute Gasteiger partial charge is 0.230 e. The molecule has 5 heteroatoms. The Kier molecular flexibility index (Phi) is 4.02. The van der Waals surface area contributed by atoms with Crippen LogP contribution in [0.2, 0.25) is 0 Å². The van der Waals surface area contributed by atoms with E-state index in [0.29, 0.717) is 28.2 Å². The number of hydrogen-bond acceptors (Lipinski definition) is 5. The maximum absolute atomic E-state index is 9.70. The molecule has 132 valence electrons. The van der Waals surface area contributed by atoms with Crippen molar-refractivity contribution >= 4 is 21.7 Å². The van der Waals surface area contributed by atoms with Gasteiger partial charge in [0.2, 0.25) is 5.55 Å². The van der Waals surface area contributed by atoms with Gasteiger partial charge in [-0.2, -0.15) is 5.26 Å². The molecule has 4 aromatic rings. The minimum absolute atomic E-state index is 0.168. The van der Waals surface area contributed by atoms with E-state index in [4.69, 9.17) is 19.3 Å². The fraction of sp³-hybridized carbons (Fsp3) is 0.0909. The van der Waals surface area contributed by atoms with E-state index in [2.05, 4.69) is 6.07 Å². The first-order valence-electron chi connectivity index (χ1n) is 8.33. The van der Waals surface area contributed by atoms with E-state index in [0.717, 1.165) is 16.2 Å². The summed E-state index contributed by atoms with van der Waals surface area (Å²) in [6.45, 7) is 0. The van der Waals surface area contributed by atoms with Crippen molar-refractivity contribution in [2.24, 2.45) is 0 Å². The number of hydrogen-bond donors (Lipinski definition) is 1.